The Bertz CT molecular complexity index is 1380. The molecule has 242 valence electrons. The first-order valence-corrected chi connectivity index (χ1v) is 15.7. The second-order valence-corrected chi connectivity index (χ2v) is 15.0. The Labute approximate surface area is 255 Å². The molecule has 12 nitrogen and oxygen atoms in total. The second-order valence-electron chi connectivity index (χ2n) is 15.0. The predicted octanol–water partition coefficient (Wildman–Crippen LogP) is 1.10. The first-order valence-electron chi connectivity index (χ1n) is 15.7. The van der Waals surface area contributed by atoms with Crippen LogP contribution in [0.3, 0.4) is 0 Å². The maximum atomic E-state index is 13.4. The number of epoxide rings is 1. The number of aliphatic hydroxyl groups is 3. The van der Waals surface area contributed by atoms with Gasteiger partial charge in [0, 0.05) is 52.9 Å². The van der Waals surface area contributed by atoms with Crippen LogP contribution in [-0.2, 0) is 42.7 Å². The number of rotatable bonds is 4. The minimum atomic E-state index is -1.42. The van der Waals surface area contributed by atoms with Gasteiger partial charge >= 0.3 is 11.9 Å². The first-order chi connectivity index (χ1) is 20.7. The van der Waals surface area contributed by atoms with E-state index in [1.807, 2.05) is 20.8 Å². The number of fused-ring (bicyclic) bond motifs is 7. The molecule has 16 atom stereocenters. The lowest BCUT2D eigenvalue weighted by molar-refractivity contribution is -0.302. The molecule has 3 saturated carbocycles. The van der Waals surface area contributed by atoms with E-state index in [2.05, 4.69) is 0 Å². The summed E-state index contributed by atoms with van der Waals surface area (Å²) in [5.41, 5.74) is -6.22. The van der Waals surface area contributed by atoms with Crippen molar-refractivity contribution in [3.05, 3.63) is 24.0 Å². The van der Waals surface area contributed by atoms with Crippen molar-refractivity contribution in [2.75, 3.05) is 13.2 Å². The van der Waals surface area contributed by atoms with Crippen LogP contribution in [0, 0.1) is 34.0 Å². The van der Waals surface area contributed by atoms with Crippen molar-refractivity contribution in [2.24, 2.45) is 34.0 Å². The molecule has 7 fully saturated rings. The largest absolute Gasteiger partial charge is 0.469 e. The lowest BCUT2D eigenvalue weighted by Crippen LogP contribution is -2.76. The zero-order chi connectivity index (χ0) is 31.4. The summed E-state index contributed by atoms with van der Waals surface area (Å²) in [7, 11) is 0. The Hall–Kier alpha value is -2.06. The standard InChI is InChI=1S/C32H42O12/c1-7-14(2)24(35)42-18-11-17(41-15(3)33)27(4)12-39-20-21(27)30(18)13-40-25(36)22(30)28(5,23(20)34)32-19-10-16(29(32,6)44-32)31(37)8-9-38-26(31)43-19/h7-9,16-23,25-26,34,36-37H,10-13H2,1-6H3/b14-7+/t16-,17-,18+,19+,20-,21+,22+,23-,25-,26+,27-,28+,29+,30+,31+,32+/m1/s1. The molecule has 0 aromatic carbocycles. The zero-order valence-electron chi connectivity index (χ0n) is 25.8. The molecule has 12 heteroatoms. The van der Waals surface area contributed by atoms with Gasteiger partial charge in [-0.1, -0.05) is 19.9 Å². The van der Waals surface area contributed by atoms with E-state index in [1.165, 1.54) is 13.2 Å². The summed E-state index contributed by atoms with van der Waals surface area (Å²) in [5, 5.41) is 36.2. The Morgan fingerprint density at radius 3 is 2.45 bits per heavy atom. The van der Waals surface area contributed by atoms with Crippen LogP contribution in [0.2, 0.25) is 0 Å². The summed E-state index contributed by atoms with van der Waals surface area (Å²) in [5.74, 6) is -2.73. The van der Waals surface area contributed by atoms with Crippen LogP contribution in [0.15, 0.2) is 24.0 Å². The molecule has 3 aliphatic carbocycles. The molecule has 5 aliphatic heterocycles. The SMILES string of the molecule is C/C=C(\C)C(=O)O[C@H]1C[C@@H](OC(C)=O)[C@@]2(C)CO[C@H]3[C@@H](O)[C@@](C)([C@]45O[C@@]4(C)[C@H]4C[C@@H]5O[C@@H]5OC=C[C@@]54O)[C@@H]4[C@H](O)OC[C@@]14[C@@H]32. The average molecular weight is 619 g/mol. The smallest absolute Gasteiger partial charge is 0.333 e. The first kappa shape index (κ1) is 29.3. The van der Waals surface area contributed by atoms with E-state index in [9.17, 15) is 24.9 Å². The molecule has 0 radical (unpaired) electrons. The van der Waals surface area contributed by atoms with E-state index < -0.39 is 106 Å². The number of ether oxygens (including phenoxy) is 7. The number of aliphatic hydroxyl groups excluding tert-OH is 2. The monoisotopic (exact) mass is 618 g/mol. The molecule has 8 rings (SSSR count). The van der Waals surface area contributed by atoms with Crippen molar-refractivity contribution >= 4 is 11.9 Å². The Balaban J connectivity index is 1.30. The molecule has 5 heterocycles. The van der Waals surface area contributed by atoms with Crippen molar-refractivity contribution in [2.45, 2.75) is 114 Å². The molecule has 4 saturated heterocycles. The van der Waals surface area contributed by atoms with Crippen molar-refractivity contribution in [3.8, 4) is 0 Å². The highest BCUT2D eigenvalue weighted by molar-refractivity contribution is 5.87. The van der Waals surface area contributed by atoms with Crippen molar-refractivity contribution in [1.82, 2.24) is 0 Å². The van der Waals surface area contributed by atoms with Crippen molar-refractivity contribution < 1.29 is 58.1 Å². The van der Waals surface area contributed by atoms with Gasteiger partial charge < -0.3 is 48.5 Å². The molecule has 0 unspecified atom stereocenters. The van der Waals surface area contributed by atoms with Crippen LogP contribution in [0.1, 0.15) is 54.4 Å². The minimum Gasteiger partial charge on any atom is -0.469 e. The molecule has 0 amide bonds. The van der Waals surface area contributed by atoms with E-state index >= 15 is 0 Å². The maximum absolute atomic E-state index is 13.4. The highest BCUT2D eigenvalue weighted by Crippen LogP contribution is 2.82. The number of allylic oxidation sites excluding steroid dienone is 1. The van der Waals surface area contributed by atoms with Gasteiger partial charge in [-0.15, -0.1) is 0 Å². The molecule has 0 aromatic rings. The Morgan fingerprint density at radius 1 is 1.00 bits per heavy atom. The summed E-state index contributed by atoms with van der Waals surface area (Å²) in [6.07, 6.45) is -1.03. The van der Waals surface area contributed by atoms with Crippen LogP contribution in [0.4, 0.5) is 0 Å². The fraction of sp³-hybridized carbons (Fsp3) is 0.812. The van der Waals surface area contributed by atoms with Gasteiger partial charge in [0.15, 0.2) is 11.9 Å². The lowest BCUT2D eigenvalue weighted by atomic mass is 9.38. The van der Waals surface area contributed by atoms with E-state index in [-0.39, 0.29) is 19.6 Å². The third kappa shape index (κ3) is 2.96. The number of esters is 2. The topological polar surface area (TPSA) is 163 Å². The number of carbonyl (C=O) groups excluding carboxylic acids is 2. The van der Waals surface area contributed by atoms with E-state index in [1.54, 1.807) is 26.0 Å². The van der Waals surface area contributed by atoms with Gasteiger partial charge in [0.1, 0.15) is 23.4 Å². The van der Waals surface area contributed by atoms with Crippen molar-refractivity contribution in [1.29, 1.82) is 0 Å². The van der Waals surface area contributed by atoms with Crippen LogP contribution in [-0.4, -0.2) is 100 Å². The third-order valence-corrected chi connectivity index (χ3v) is 13.4. The molecule has 44 heavy (non-hydrogen) atoms. The molecule has 1 spiro atoms. The summed E-state index contributed by atoms with van der Waals surface area (Å²) in [4.78, 5) is 25.7. The fourth-order valence-corrected chi connectivity index (χ4v) is 11.6. The zero-order valence-corrected chi connectivity index (χ0v) is 25.8. The third-order valence-electron chi connectivity index (χ3n) is 13.4. The maximum Gasteiger partial charge on any atom is 0.333 e. The van der Waals surface area contributed by atoms with E-state index in [0.29, 0.717) is 12.0 Å². The van der Waals surface area contributed by atoms with Gasteiger partial charge in [0.05, 0.1) is 37.8 Å². The Kier molecular flexibility index (Phi) is 5.76. The van der Waals surface area contributed by atoms with Crippen LogP contribution >= 0.6 is 0 Å². The lowest BCUT2D eigenvalue weighted by Gasteiger charge is -2.65. The molecular formula is C32H42O12. The van der Waals surface area contributed by atoms with Gasteiger partial charge in [0.25, 0.3) is 0 Å². The van der Waals surface area contributed by atoms with Gasteiger partial charge in [-0.25, -0.2) is 4.79 Å². The van der Waals surface area contributed by atoms with Crippen LogP contribution < -0.4 is 0 Å². The van der Waals surface area contributed by atoms with E-state index in [0.717, 1.165) is 0 Å². The van der Waals surface area contributed by atoms with Gasteiger partial charge in [-0.2, -0.15) is 0 Å². The minimum absolute atomic E-state index is 0.0288. The molecular weight excluding hydrogens is 576 g/mol. The molecule has 8 aliphatic rings. The number of carbonyl (C=O) groups is 2. The van der Waals surface area contributed by atoms with Gasteiger partial charge in [-0.05, 0) is 33.3 Å². The van der Waals surface area contributed by atoms with Gasteiger partial charge in [0.2, 0.25) is 6.29 Å². The quantitative estimate of drug-likeness (QED) is 0.234. The predicted molar refractivity (Wildman–Crippen MR) is 147 cm³/mol. The molecule has 2 bridgehead atoms. The highest BCUT2D eigenvalue weighted by Gasteiger charge is 2.95. The molecule has 0 aromatic heterocycles. The van der Waals surface area contributed by atoms with E-state index in [4.69, 9.17) is 33.2 Å². The van der Waals surface area contributed by atoms with Crippen LogP contribution in [0.25, 0.3) is 0 Å². The van der Waals surface area contributed by atoms with Gasteiger partial charge in [-0.3, -0.25) is 4.79 Å². The van der Waals surface area contributed by atoms with Crippen LogP contribution in [0.5, 0.6) is 0 Å². The number of hydrogen-bond acceptors (Lipinski definition) is 12. The summed E-state index contributed by atoms with van der Waals surface area (Å²) in [6, 6.07) is 0. The van der Waals surface area contributed by atoms with Crippen molar-refractivity contribution in [3.63, 3.8) is 0 Å². The average Bonchev–Trinajstić information content (AvgIpc) is 3.33. The summed E-state index contributed by atoms with van der Waals surface area (Å²) >= 11 is 0. The Morgan fingerprint density at radius 2 is 1.75 bits per heavy atom. The second kappa shape index (κ2) is 8.64. The summed E-state index contributed by atoms with van der Waals surface area (Å²) in [6.45, 7) is 10.8. The normalized spacial score (nSPS) is 59.2. The number of hydrogen-bond donors (Lipinski definition) is 3. The fourth-order valence-electron chi connectivity index (χ4n) is 11.6. The molecule has 3 N–H and O–H groups in total. The summed E-state index contributed by atoms with van der Waals surface area (Å²) < 4.78 is 43.7. The highest BCUT2D eigenvalue weighted by atomic mass is 16.7.